The van der Waals surface area contributed by atoms with Crippen molar-refractivity contribution >= 4 is 28.1 Å². The first-order valence-corrected chi connectivity index (χ1v) is 7.12. The highest BCUT2D eigenvalue weighted by Gasteiger charge is 2.17. The lowest BCUT2D eigenvalue weighted by Gasteiger charge is -2.31. The Labute approximate surface area is 123 Å². The topological polar surface area (TPSA) is 67.6 Å². The van der Waals surface area contributed by atoms with E-state index in [1.54, 1.807) is 0 Å². The predicted octanol–water partition coefficient (Wildman–Crippen LogP) is 1.57. The summed E-state index contributed by atoms with van der Waals surface area (Å²) in [6.07, 6.45) is 0. The molecule has 0 aliphatic carbocycles. The van der Waals surface area contributed by atoms with E-state index in [0.29, 0.717) is 0 Å². The molecule has 0 spiro atoms. The van der Waals surface area contributed by atoms with E-state index in [4.69, 9.17) is 10.5 Å². The van der Waals surface area contributed by atoms with E-state index in [2.05, 4.69) is 28.4 Å². The van der Waals surface area contributed by atoms with Crippen molar-refractivity contribution in [3.05, 3.63) is 36.4 Å². The number of amides is 1. The van der Waals surface area contributed by atoms with Crippen molar-refractivity contribution in [1.29, 1.82) is 0 Å². The van der Waals surface area contributed by atoms with Gasteiger partial charge in [0.05, 0.1) is 31.1 Å². The summed E-state index contributed by atoms with van der Waals surface area (Å²) in [5.41, 5.74) is 7.31. The number of benzene rings is 2. The Kier molecular flexibility index (Phi) is 3.92. The molecule has 1 aliphatic heterocycles. The van der Waals surface area contributed by atoms with Crippen molar-refractivity contribution in [1.82, 2.24) is 0 Å². The van der Waals surface area contributed by atoms with Crippen LogP contribution in [-0.2, 0) is 9.53 Å². The summed E-state index contributed by atoms with van der Waals surface area (Å²) in [5.74, 6) is -0.365. The fourth-order valence-corrected chi connectivity index (χ4v) is 2.71. The van der Waals surface area contributed by atoms with Gasteiger partial charge in [0.2, 0.25) is 5.91 Å². The highest BCUT2D eigenvalue weighted by atomic mass is 16.5. The Morgan fingerprint density at radius 3 is 2.71 bits per heavy atom. The van der Waals surface area contributed by atoms with Crippen LogP contribution in [0.25, 0.3) is 10.8 Å². The molecular formula is C16H19N3O2. The van der Waals surface area contributed by atoms with Gasteiger partial charge in [0.25, 0.3) is 0 Å². The van der Waals surface area contributed by atoms with E-state index in [9.17, 15) is 4.79 Å². The van der Waals surface area contributed by atoms with Crippen LogP contribution in [0.15, 0.2) is 36.4 Å². The molecule has 21 heavy (non-hydrogen) atoms. The number of nitrogens with two attached hydrogens (primary N) is 1. The third-order valence-electron chi connectivity index (χ3n) is 3.68. The number of primary amides is 1. The Bertz CT molecular complexity index is 651. The lowest BCUT2D eigenvalue weighted by Crippen LogP contribution is -2.37. The van der Waals surface area contributed by atoms with E-state index < -0.39 is 0 Å². The summed E-state index contributed by atoms with van der Waals surface area (Å²) in [4.78, 5) is 13.4. The highest BCUT2D eigenvalue weighted by molar-refractivity contribution is 6.01. The number of fused-ring (bicyclic) bond motifs is 1. The van der Waals surface area contributed by atoms with E-state index in [1.165, 1.54) is 10.8 Å². The maximum Gasteiger partial charge on any atom is 0.236 e. The van der Waals surface area contributed by atoms with Gasteiger partial charge in [-0.15, -0.1) is 0 Å². The minimum Gasteiger partial charge on any atom is -0.378 e. The summed E-state index contributed by atoms with van der Waals surface area (Å²) in [5, 5.41) is 5.50. The number of morpholine rings is 1. The zero-order valence-corrected chi connectivity index (χ0v) is 11.8. The van der Waals surface area contributed by atoms with Crippen LogP contribution in [0.1, 0.15) is 0 Å². The number of carbonyl (C=O) groups excluding carboxylic acids is 1. The summed E-state index contributed by atoms with van der Waals surface area (Å²) in [6, 6.07) is 12.3. The molecule has 2 aromatic rings. The third-order valence-corrected chi connectivity index (χ3v) is 3.68. The molecule has 0 saturated carbocycles. The monoisotopic (exact) mass is 285 g/mol. The smallest absolute Gasteiger partial charge is 0.236 e. The van der Waals surface area contributed by atoms with Gasteiger partial charge < -0.3 is 20.7 Å². The van der Waals surface area contributed by atoms with Gasteiger partial charge in [0.1, 0.15) is 0 Å². The average molecular weight is 285 g/mol. The normalized spacial score (nSPS) is 15.1. The lowest BCUT2D eigenvalue weighted by molar-refractivity contribution is -0.116. The molecule has 0 aromatic heterocycles. The van der Waals surface area contributed by atoms with Gasteiger partial charge in [-0.1, -0.05) is 30.3 Å². The minimum absolute atomic E-state index is 0.135. The van der Waals surface area contributed by atoms with Gasteiger partial charge >= 0.3 is 0 Å². The number of hydrogen-bond donors (Lipinski definition) is 2. The summed E-state index contributed by atoms with van der Waals surface area (Å²) < 4.78 is 5.44. The van der Waals surface area contributed by atoms with Crippen LogP contribution >= 0.6 is 0 Å². The zero-order valence-electron chi connectivity index (χ0n) is 11.8. The molecular weight excluding hydrogens is 266 g/mol. The fourth-order valence-electron chi connectivity index (χ4n) is 2.71. The van der Waals surface area contributed by atoms with Crippen molar-refractivity contribution in [3.8, 4) is 0 Å². The molecule has 1 heterocycles. The van der Waals surface area contributed by atoms with Crippen molar-refractivity contribution in [3.63, 3.8) is 0 Å². The first-order chi connectivity index (χ1) is 10.3. The molecule has 1 amide bonds. The van der Waals surface area contributed by atoms with Crippen molar-refractivity contribution in [2.45, 2.75) is 0 Å². The van der Waals surface area contributed by atoms with Gasteiger partial charge in [-0.2, -0.15) is 0 Å². The second-order valence-corrected chi connectivity index (χ2v) is 5.10. The maximum atomic E-state index is 11.0. The van der Waals surface area contributed by atoms with E-state index in [1.807, 2.05) is 18.2 Å². The predicted molar refractivity (Wildman–Crippen MR) is 84.7 cm³/mol. The van der Waals surface area contributed by atoms with E-state index in [-0.39, 0.29) is 12.5 Å². The molecule has 0 bridgehead atoms. The number of carbonyl (C=O) groups is 1. The second kappa shape index (κ2) is 6.01. The number of nitrogens with one attached hydrogen (secondary N) is 1. The number of ether oxygens (including phenoxy) is 1. The van der Waals surface area contributed by atoms with Crippen LogP contribution in [0.4, 0.5) is 11.4 Å². The molecule has 3 rings (SSSR count). The molecule has 0 radical (unpaired) electrons. The molecule has 5 heteroatoms. The zero-order chi connectivity index (χ0) is 14.7. The Morgan fingerprint density at radius 1 is 1.19 bits per heavy atom. The summed E-state index contributed by atoms with van der Waals surface area (Å²) in [6.45, 7) is 3.27. The molecule has 110 valence electrons. The highest BCUT2D eigenvalue weighted by Crippen LogP contribution is 2.35. The average Bonchev–Trinajstić information content (AvgIpc) is 2.53. The number of hydrogen-bond acceptors (Lipinski definition) is 4. The molecule has 0 atom stereocenters. The largest absolute Gasteiger partial charge is 0.378 e. The number of rotatable bonds is 4. The SMILES string of the molecule is NC(=O)CNc1ccc2ccccc2c1N1CCOCC1. The van der Waals surface area contributed by atoms with Crippen LogP contribution in [0, 0.1) is 0 Å². The van der Waals surface area contributed by atoms with E-state index >= 15 is 0 Å². The molecule has 1 saturated heterocycles. The maximum absolute atomic E-state index is 11.0. The van der Waals surface area contributed by atoms with Gasteiger partial charge in [0.15, 0.2) is 0 Å². The summed E-state index contributed by atoms with van der Waals surface area (Å²) in [7, 11) is 0. The molecule has 2 aromatic carbocycles. The first kappa shape index (κ1) is 13.7. The molecule has 3 N–H and O–H groups in total. The standard InChI is InChI=1S/C16H19N3O2/c17-15(20)11-18-14-6-5-12-3-1-2-4-13(12)16(14)19-7-9-21-10-8-19/h1-6,18H,7-11H2,(H2,17,20). The van der Waals surface area contributed by atoms with Crippen LogP contribution in [0.5, 0.6) is 0 Å². The van der Waals surface area contributed by atoms with Gasteiger partial charge in [-0.25, -0.2) is 0 Å². The minimum atomic E-state index is -0.365. The first-order valence-electron chi connectivity index (χ1n) is 7.12. The van der Waals surface area contributed by atoms with Gasteiger partial charge in [-0.3, -0.25) is 4.79 Å². The second-order valence-electron chi connectivity index (χ2n) is 5.10. The van der Waals surface area contributed by atoms with Crippen molar-refractivity contribution < 1.29 is 9.53 Å². The van der Waals surface area contributed by atoms with E-state index in [0.717, 1.165) is 37.7 Å². The van der Waals surface area contributed by atoms with Gasteiger partial charge in [-0.05, 0) is 11.5 Å². The van der Waals surface area contributed by atoms with Crippen molar-refractivity contribution in [2.24, 2.45) is 5.73 Å². The Hall–Kier alpha value is -2.27. The molecule has 5 nitrogen and oxygen atoms in total. The Balaban J connectivity index is 2.05. The van der Waals surface area contributed by atoms with Crippen molar-refractivity contribution in [2.75, 3.05) is 43.1 Å². The van der Waals surface area contributed by atoms with Crippen LogP contribution in [-0.4, -0.2) is 38.8 Å². The summed E-state index contributed by atoms with van der Waals surface area (Å²) >= 11 is 0. The van der Waals surface area contributed by atoms with Crippen LogP contribution in [0.3, 0.4) is 0 Å². The number of anilines is 2. The quantitative estimate of drug-likeness (QED) is 0.895. The molecule has 1 fully saturated rings. The fraction of sp³-hybridized carbons (Fsp3) is 0.312. The molecule has 0 unspecified atom stereocenters. The number of nitrogens with zero attached hydrogens (tertiary/aromatic N) is 1. The Morgan fingerprint density at radius 2 is 1.95 bits per heavy atom. The molecule has 1 aliphatic rings. The third kappa shape index (κ3) is 2.92. The van der Waals surface area contributed by atoms with Crippen LogP contribution in [0.2, 0.25) is 0 Å². The van der Waals surface area contributed by atoms with Gasteiger partial charge in [0, 0.05) is 18.5 Å². The lowest BCUT2D eigenvalue weighted by atomic mass is 10.1. The van der Waals surface area contributed by atoms with Crippen LogP contribution < -0.4 is 16.0 Å².